The first-order valence-corrected chi connectivity index (χ1v) is 6.07. The van der Waals surface area contributed by atoms with Gasteiger partial charge in [0.2, 0.25) is 0 Å². The summed E-state index contributed by atoms with van der Waals surface area (Å²) in [6, 6.07) is 10.3. The zero-order valence-corrected chi connectivity index (χ0v) is 10.5. The van der Waals surface area contributed by atoms with E-state index in [9.17, 15) is 0 Å². The van der Waals surface area contributed by atoms with Gasteiger partial charge in [-0.1, -0.05) is 12.1 Å². The number of anilines is 1. The molecule has 17 heavy (non-hydrogen) atoms. The van der Waals surface area contributed by atoms with Crippen molar-refractivity contribution in [3.05, 3.63) is 29.8 Å². The fraction of sp³-hybridized carbons (Fsp3) is 0.500. The van der Waals surface area contributed by atoms with E-state index in [4.69, 9.17) is 11.0 Å². The summed E-state index contributed by atoms with van der Waals surface area (Å²) in [5.74, 6) is 0. The van der Waals surface area contributed by atoms with Gasteiger partial charge in [0.25, 0.3) is 0 Å². The number of nitrogens with two attached hydrogens (primary N) is 1. The quantitative estimate of drug-likeness (QED) is 0.803. The summed E-state index contributed by atoms with van der Waals surface area (Å²) in [6.07, 6.45) is 1.95. The summed E-state index contributed by atoms with van der Waals surface area (Å²) in [6.45, 7) is 5.31. The highest BCUT2D eigenvalue weighted by Crippen LogP contribution is 2.33. The van der Waals surface area contributed by atoms with Gasteiger partial charge in [0.05, 0.1) is 11.3 Å². The monoisotopic (exact) mass is 229 g/mol. The van der Waals surface area contributed by atoms with Gasteiger partial charge in [-0.25, -0.2) is 0 Å². The third kappa shape index (κ3) is 2.27. The standard InChI is InChI=1S/C14H19N3/c1-14(2)9-12(16)7-8-17(14)13-6-4-3-5-11(13)10-15/h3-6,12H,7-9,16H2,1-2H3. The fourth-order valence-electron chi connectivity index (χ4n) is 2.70. The van der Waals surface area contributed by atoms with Crippen LogP contribution in [0.4, 0.5) is 5.69 Å². The topological polar surface area (TPSA) is 53.0 Å². The first-order chi connectivity index (χ1) is 8.04. The third-order valence-electron chi connectivity index (χ3n) is 3.53. The summed E-state index contributed by atoms with van der Waals surface area (Å²) in [4.78, 5) is 2.31. The first kappa shape index (κ1) is 11.9. The molecule has 0 radical (unpaired) electrons. The maximum absolute atomic E-state index is 9.17. The van der Waals surface area contributed by atoms with Gasteiger partial charge < -0.3 is 10.6 Å². The lowest BCUT2D eigenvalue weighted by atomic mass is 9.86. The molecule has 2 N–H and O–H groups in total. The second-order valence-corrected chi connectivity index (χ2v) is 5.35. The lowest BCUT2D eigenvalue weighted by Crippen LogP contribution is -2.53. The molecule has 90 valence electrons. The van der Waals surface area contributed by atoms with Gasteiger partial charge in [-0.3, -0.25) is 0 Å². The molecule has 1 fully saturated rings. The number of hydrogen-bond acceptors (Lipinski definition) is 3. The van der Waals surface area contributed by atoms with E-state index in [0.717, 1.165) is 30.6 Å². The Hall–Kier alpha value is -1.53. The molecule has 3 heteroatoms. The molecular weight excluding hydrogens is 210 g/mol. The lowest BCUT2D eigenvalue weighted by Gasteiger charge is -2.46. The van der Waals surface area contributed by atoms with Crippen molar-refractivity contribution in [3.63, 3.8) is 0 Å². The zero-order chi connectivity index (χ0) is 12.5. The van der Waals surface area contributed by atoms with Crippen LogP contribution in [0.25, 0.3) is 0 Å². The molecule has 0 bridgehead atoms. The van der Waals surface area contributed by atoms with Crippen LogP contribution in [0.15, 0.2) is 24.3 Å². The number of piperidine rings is 1. The molecule has 1 unspecified atom stereocenters. The minimum absolute atomic E-state index is 0.0185. The first-order valence-electron chi connectivity index (χ1n) is 6.07. The predicted molar refractivity (Wildman–Crippen MR) is 69.8 cm³/mol. The van der Waals surface area contributed by atoms with E-state index >= 15 is 0 Å². The van der Waals surface area contributed by atoms with Crippen molar-refractivity contribution in [3.8, 4) is 6.07 Å². The molecule has 1 heterocycles. The largest absolute Gasteiger partial charge is 0.365 e. The third-order valence-corrected chi connectivity index (χ3v) is 3.53. The molecule has 0 amide bonds. The number of para-hydroxylation sites is 1. The Bertz CT molecular complexity index is 445. The van der Waals surface area contributed by atoms with Crippen LogP contribution in [0.1, 0.15) is 32.3 Å². The molecule has 0 spiro atoms. The smallest absolute Gasteiger partial charge is 0.101 e. The van der Waals surface area contributed by atoms with E-state index in [1.54, 1.807) is 0 Å². The summed E-state index contributed by atoms with van der Waals surface area (Å²) >= 11 is 0. The Labute approximate surface area is 103 Å². The fourth-order valence-corrected chi connectivity index (χ4v) is 2.70. The zero-order valence-electron chi connectivity index (χ0n) is 10.5. The molecule has 1 aromatic rings. The lowest BCUT2D eigenvalue weighted by molar-refractivity contribution is 0.327. The minimum atomic E-state index is 0.0185. The van der Waals surface area contributed by atoms with Crippen LogP contribution >= 0.6 is 0 Å². The highest BCUT2D eigenvalue weighted by atomic mass is 15.2. The van der Waals surface area contributed by atoms with E-state index in [1.807, 2.05) is 24.3 Å². The predicted octanol–water partition coefficient (Wildman–Crippen LogP) is 2.26. The van der Waals surface area contributed by atoms with Crippen LogP contribution < -0.4 is 10.6 Å². The van der Waals surface area contributed by atoms with Crippen LogP contribution in [0, 0.1) is 11.3 Å². The van der Waals surface area contributed by atoms with Gasteiger partial charge in [-0.15, -0.1) is 0 Å². The molecular formula is C14H19N3. The van der Waals surface area contributed by atoms with Crippen LogP contribution in [0.3, 0.4) is 0 Å². The molecule has 1 aliphatic rings. The van der Waals surface area contributed by atoms with Crippen molar-refractivity contribution < 1.29 is 0 Å². The highest BCUT2D eigenvalue weighted by Gasteiger charge is 2.34. The van der Waals surface area contributed by atoms with E-state index in [0.29, 0.717) is 0 Å². The summed E-state index contributed by atoms with van der Waals surface area (Å²) in [5, 5.41) is 9.17. The van der Waals surface area contributed by atoms with Crippen molar-refractivity contribution >= 4 is 5.69 Å². The van der Waals surface area contributed by atoms with E-state index in [1.165, 1.54) is 0 Å². The molecule has 0 aromatic heterocycles. The van der Waals surface area contributed by atoms with Crippen molar-refractivity contribution in [1.29, 1.82) is 5.26 Å². The average Bonchev–Trinajstić information content (AvgIpc) is 2.28. The molecule has 1 saturated heterocycles. The average molecular weight is 229 g/mol. The Kier molecular flexibility index (Phi) is 3.08. The number of rotatable bonds is 1. The molecule has 0 aliphatic carbocycles. The van der Waals surface area contributed by atoms with Crippen LogP contribution in [0.5, 0.6) is 0 Å². The molecule has 1 aliphatic heterocycles. The summed E-state index contributed by atoms with van der Waals surface area (Å²) < 4.78 is 0. The molecule has 3 nitrogen and oxygen atoms in total. The number of benzene rings is 1. The van der Waals surface area contributed by atoms with Crippen molar-refractivity contribution in [2.45, 2.75) is 38.3 Å². The maximum atomic E-state index is 9.17. The van der Waals surface area contributed by atoms with Crippen LogP contribution in [-0.2, 0) is 0 Å². The highest BCUT2D eigenvalue weighted by molar-refractivity contribution is 5.61. The van der Waals surface area contributed by atoms with Gasteiger partial charge >= 0.3 is 0 Å². The van der Waals surface area contributed by atoms with Crippen molar-refractivity contribution in [1.82, 2.24) is 0 Å². The van der Waals surface area contributed by atoms with Crippen molar-refractivity contribution in [2.24, 2.45) is 5.73 Å². The second kappa shape index (κ2) is 4.38. The Morgan fingerprint density at radius 2 is 2.12 bits per heavy atom. The molecule has 0 saturated carbocycles. The molecule has 1 atom stereocenters. The summed E-state index contributed by atoms with van der Waals surface area (Å²) in [7, 11) is 0. The van der Waals surface area contributed by atoms with E-state index in [-0.39, 0.29) is 11.6 Å². The van der Waals surface area contributed by atoms with E-state index < -0.39 is 0 Å². The van der Waals surface area contributed by atoms with Crippen molar-refractivity contribution in [2.75, 3.05) is 11.4 Å². The van der Waals surface area contributed by atoms with Gasteiger partial charge in [0.15, 0.2) is 0 Å². The SMILES string of the molecule is CC1(C)CC(N)CCN1c1ccccc1C#N. The second-order valence-electron chi connectivity index (χ2n) is 5.35. The Morgan fingerprint density at radius 1 is 1.41 bits per heavy atom. The van der Waals surface area contributed by atoms with Gasteiger partial charge in [0.1, 0.15) is 6.07 Å². The Morgan fingerprint density at radius 3 is 2.76 bits per heavy atom. The van der Waals surface area contributed by atoms with E-state index in [2.05, 4.69) is 24.8 Å². The van der Waals surface area contributed by atoms with Crippen LogP contribution in [0.2, 0.25) is 0 Å². The number of nitriles is 1. The normalized spacial score (nSPS) is 23.2. The number of nitrogens with zero attached hydrogens (tertiary/aromatic N) is 2. The van der Waals surface area contributed by atoms with Crippen LogP contribution in [-0.4, -0.2) is 18.1 Å². The minimum Gasteiger partial charge on any atom is -0.365 e. The van der Waals surface area contributed by atoms with Gasteiger partial charge in [0, 0.05) is 18.1 Å². The molecule has 2 rings (SSSR count). The Balaban J connectivity index is 2.37. The van der Waals surface area contributed by atoms with Gasteiger partial charge in [-0.2, -0.15) is 5.26 Å². The molecule has 1 aromatic carbocycles. The number of hydrogen-bond donors (Lipinski definition) is 1. The maximum Gasteiger partial charge on any atom is 0.101 e. The summed E-state index contributed by atoms with van der Waals surface area (Å²) in [5.41, 5.74) is 7.83. The van der Waals surface area contributed by atoms with Gasteiger partial charge in [-0.05, 0) is 38.8 Å².